The van der Waals surface area contributed by atoms with Crippen molar-refractivity contribution in [3.05, 3.63) is 48.0 Å². The fraction of sp³-hybridized carbons (Fsp3) is 0. The second-order valence-electron chi connectivity index (χ2n) is 3.15. The molecule has 0 aromatic heterocycles. The predicted octanol–water partition coefficient (Wildman–Crippen LogP) is 2.49. The van der Waals surface area contributed by atoms with Gasteiger partial charge in [0.2, 0.25) is 0 Å². The number of amidine groups is 1. The smallest absolute Gasteiger partial charge is 0.155 e. The maximum Gasteiger partial charge on any atom is 0.155 e. The van der Waals surface area contributed by atoms with Gasteiger partial charge < -0.3 is 5.73 Å². The molecule has 0 saturated carbocycles. The Morgan fingerprint density at radius 1 is 1.07 bits per heavy atom. The highest BCUT2D eigenvalue weighted by molar-refractivity contribution is 6.00. The molecule has 0 fully saturated rings. The summed E-state index contributed by atoms with van der Waals surface area (Å²) in [6.07, 6.45) is 0. The fourth-order valence-electron chi connectivity index (χ4n) is 1.46. The lowest BCUT2D eigenvalue weighted by Crippen LogP contribution is -2.12. The van der Waals surface area contributed by atoms with Crippen molar-refractivity contribution in [2.24, 2.45) is 16.1 Å². The van der Waals surface area contributed by atoms with E-state index in [0.717, 1.165) is 16.3 Å². The summed E-state index contributed by atoms with van der Waals surface area (Å²) in [5, 5.41) is 8.64. The summed E-state index contributed by atoms with van der Waals surface area (Å²) in [5.74, 6) is 0.260. The summed E-state index contributed by atoms with van der Waals surface area (Å²) < 4.78 is 0. The average molecular weight is 198 g/mol. The summed E-state index contributed by atoms with van der Waals surface area (Å²) in [7, 11) is 0. The molecule has 0 saturated heterocycles. The molecule has 4 heteroatoms. The van der Waals surface area contributed by atoms with Crippen molar-refractivity contribution >= 4 is 16.6 Å². The molecule has 0 aliphatic rings. The van der Waals surface area contributed by atoms with Crippen molar-refractivity contribution in [1.29, 1.82) is 5.53 Å². The van der Waals surface area contributed by atoms with Gasteiger partial charge in [0, 0.05) is 5.56 Å². The number of rotatable bonds is 2. The Hall–Kier alpha value is -2.23. The standard InChI is InChI=1S/C11H10N4/c12-11(14-15-13)10-6-5-8-3-1-2-4-9(8)7-10/h1-7H,(H3,12,13,14). The van der Waals surface area contributed by atoms with Gasteiger partial charge in [0.15, 0.2) is 5.84 Å². The van der Waals surface area contributed by atoms with Crippen LogP contribution in [0.2, 0.25) is 0 Å². The lowest BCUT2D eigenvalue weighted by atomic mass is 10.1. The van der Waals surface area contributed by atoms with Crippen LogP contribution >= 0.6 is 0 Å². The normalized spacial score (nSPS) is 11.6. The van der Waals surface area contributed by atoms with E-state index in [2.05, 4.69) is 10.3 Å². The molecule has 2 rings (SSSR count). The molecule has 0 aliphatic carbocycles. The van der Waals surface area contributed by atoms with Crippen LogP contribution < -0.4 is 5.73 Å². The first-order valence-electron chi connectivity index (χ1n) is 4.50. The Morgan fingerprint density at radius 2 is 1.80 bits per heavy atom. The van der Waals surface area contributed by atoms with Gasteiger partial charge in [-0.25, -0.2) is 0 Å². The molecule has 15 heavy (non-hydrogen) atoms. The molecule has 0 radical (unpaired) electrons. The third-order valence-electron chi connectivity index (χ3n) is 2.20. The van der Waals surface area contributed by atoms with Gasteiger partial charge in [-0.2, -0.15) is 5.53 Å². The SMILES string of the molecule is N=N/N=C(\N)c1ccc2ccccc2c1. The molecular weight excluding hydrogens is 188 g/mol. The molecule has 0 amide bonds. The van der Waals surface area contributed by atoms with Gasteiger partial charge in [0.25, 0.3) is 0 Å². The highest BCUT2D eigenvalue weighted by Gasteiger charge is 1.99. The predicted molar refractivity (Wildman–Crippen MR) is 59.8 cm³/mol. The second-order valence-corrected chi connectivity index (χ2v) is 3.15. The Morgan fingerprint density at radius 3 is 2.53 bits per heavy atom. The van der Waals surface area contributed by atoms with Gasteiger partial charge in [0.1, 0.15) is 0 Å². The van der Waals surface area contributed by atoms with Crippen LogP contribution in [0.25, 0.3) is 10.8 Å². The third kappa shape index (κ3) is 1.83. The Balaban J connectivity index is 2.56. The quantitative estimate of drug-likeness (QED) is 0.331. The zero-order valence-electron chi connectivity index (χ0n) is 8.01. The molecule has 0 unspecified atom stereocenters. The molecule has 0 atom stereocenters. The van der Waals surface area contributed by atoms with E-state index in [0.29, 0.717) is 0 Å². The molecule has 0 bridgehead atoms. The zero-order valence-corrected chi connectivity index (χ0v) is 8.01. The first-order chi connectivity index (χ1) is 7.31. The van der Waals surface area contributed by atoms with Gasteiger partial charge in [-0.05, 0) is 16.8 Å². The second kappa shape index (κ2) is 3.88. The van der Waals surface area contributed by atoms with Gasteiger partial charge in [-0.1, -0.05) is 41.6 Å². The lowest BCUT2D eigenvalue weighted by Gasteiger charge is -2.01. The van der Waals surface area contributed by atoms with Crippen LogP contribution in [0.15, 0.2) is 52.8 Å². The van der Waals surface area contributed by atoms with E-state index < -0.39 is 0 Å². The summed E-state index contributed by atoms with van der Waals surface area (Å²) >= 11 is 0. The largest absolute Gasteiger partial charge is 0.382 e. The topological polar surface area (TPSA) is 74.6 Å². The molecule has 74 valence electrons. The summed E-state index contributed by atoms with van der Waals surface area (Å²) in [4.78, 5) is 0. The van der Waals surface area contributed by atoms with E-state index in [1.165, 1.54) is 0 Å². The minimum Gasteiger partial charge on any atom is -0.382 e. The van der Waals surface area contributed by atoms with Crippen molar-refractivity contribution in [2.75, 3.05) is 0 Å². The lowest BCUT2D eigenvalue weighted by molar-refractivity contribution is 0.986. The van der Waals surface area contributed by atoms with Crippen LogP contribution in [-0.4, -0.2) is 5.84 Å². The molecule has 2 aromatic rings. The van der Waals surface area contributed by atoms with Crippen LogP contribution in [0.3, 0.4) is 0 Å². The van der Waals surface area contributed by atoms with E-state index in [9.17, 15) is 0 Å². The monoisotopic (exact) mass is 198 g/mol. The number of nitrogens with zero attached hydrogens (tertiary/aromatic N) is 2. The van der Waals surface area contributed by atoms with Crippen LogP contribution in [0.5, 0.6) is 0 Å². The van der Waals surface area contributed by atoms with Crippen LogP contribution in [-0.2, 0) is 0 Å². The van der Waals surface area contributed by atoms with E-state index in [1.807, 2.05) is 42.5 Å². The highest BCUT2D eigenvalue weighted by Crippen LogP contribution is 2.15. The molecule has 0 heterocycles. The summed E-state index contributed by atoms with van der Waals surface area (Å²) in [5.41, 5.74) is 13.0. The maximum absolute atomic E-state index is 6.60. The van der Waals surface area contributed by atoms with Gasteiger partial charge in [-0.15, -0.1) is 5.10 Å². The Bertz CT molecular complexity index is 531. The van der Waals surface area contributed by atoms with Crippen molar-refractivity contribution in [3.63, 3.8) is 0 Å². The number of nitrogens with two attached hydrogens (primary N) is 1. The fourth-order valence-corrected chi connectivity index (χ4v) is 1.46. The zero-order chi connectivity index (χ0) is 10.7. The van der Waals surface area contributed by atoms with Gasteiger partial charge >= 0.3 is 0 Å². The number of benzene rings is 2. The van der Waals surface area contributed by atoms with Crippen LogP contribution in [0.4, 0.5) is 0 Å². The molecule has 0 spiro atoms. The van der Waals surface area contributed by atoms with Crippen molar-refractivity contribution in [3.8, 4) is 0 Å². The number of fused-ring (bicyclic) bond motifs is 1. The molecular formula is C11H10N4. The van der Waals surface area contributed by atoms with Gasteiger partial charge in [-0.3, -0.25) is 0 Å². The highest BCUT2D eigenvalue weighted by atomic mass is 15.3. The third-order valence-corrected chi connectivity index (χ3v) is 2.20. The first-order valence-corrected chi connectivity index (χ1v) is 4.50. The Labute approximate surface area is 86.9 Å². The van der Waals surface area contributed by atoms with Crippen LogP contribution in [0.1, 0.15) is 5.56 Å². The Kier molecular flexibility index (Phi) is 2.41. The van der Waals surface area contributed by atoms with Crippen molar-refractivity contribution in [1.82, 2.24) is 0 Å². The van der Waals surface area contributed by atoms with E-state index in [-0.39, 0.29) is 5.84 Å². The van der Waals surface area contributed by atoms with E-state index in [1.54, 1.807) is 0 Å². The summed E-state index contributed by atoms with van der Waals surface area (Å²) in [6, 6.07) is 13.8. The minimum atomic E-state index is 0.260. The minimum absolute atomic E-state index is 0.260. The number of hydrogen-bond acceptors (Lipinski definition) is 2. The molecule has 2 aromatic carbocycles. The van der Waals surface area contributed by atoms with Crippen molar-refractivity contribution < 1.29 is 0 Å². The number of nitrogens with one attached hydrogen (secondary N) is 1. The molecule has 4 nitrogen and oxygen atoms in total. The number of hydrogen-bond donors (Lipinski definition) is 2. The molecule has 0 aliphatic heterocycles. The van der Waals surface area contributed by atoms with Crippen molar-refractivity contribution in [2.45, 2.75) is 0 Å². The van der Waals surface area contributed by atoms with Crippen LogP contribution in [0, 0.1) is 5.53 Å². The maximum atomic E-state index is 6.60. The van der Waals surface area contributed by atoms with Gasteiger partial charge in [0.05, 0.1) is 0 Å². The average Bonchev–Trinajstić information content (AvgIpc) is 2.29. The molecule has 3 N–H and O–H groups in total. The summed E-state index contributed by atoms with van der Waals surface area (Å²) in [6.45, 7) is 0. The van der Waals surface area contributed by atoms with E-state index >= 15 is 0 Å². The first kappa shape index (κ1) is 9.33. The van der Waals surface area contributed by atoms with E-state index in [4.69, 9.17) is 11.3 Å².